The molecule has 1 aliphatic rings. The third-order valence-electron chi connectivity index (χ3n) is 4.87. The van der Waals surface area contributed by atoms with E-state index in [4.69, 9.17) is 9.90 Å². The summed E-state index contributed by atoms with van der Waals surface area (Å²) in [5.74, 6) is -1.99. The van der Waals surface area contributed by atoms with Gasteiger partial charge < -0.3 is 10.0 Å². The van der Waals surface area contributed by atoms with Crippen LogP contribution in [-0.2, 0) is 22.6 Å². The number of halogens is 2. The maximum absolute atomic E-state index is 13.8. The lowest BCUT2D eigenvalue weighted by Gasteiger charge is -2.22. The molecule has 1 aliphatic heterocycles. The van der Waals surface area contributed by atoms with Crippen molar-refractivity contribution in [2.45, 2.75) is 26.3 Å². The Bertz CT molecular complexity index is 813. The number of amides is 1. The quantitative estimate of drug-likeness (QED) is 0.765. The number of rotatable bonds is 5. The van der Waals surface area contributed by atoms with Crippen LogP contribution in [0.1, 0.15) is 17.7 Å². The largest absolute Gasteiger partial charge is 0.483 e. The zero-order chi connectivity index (χ0) is 21.2. The molecule has 0 aliphatic carbocycles. The van der Waals surface area contributed by atoms with Gasteiger partial charge in [0.1, 0.15) is 0 Å². The van der Waals surface area contributed by atoms with Gasteiger partial charge in [0.15, 0.2) is 11.6 Å². The molecule has 1 aromatic carbocycles. The number of hydrogen-bond donors (Lipinski definition) is 1. The van der Waals surface area contributed by atoms with Crippen LogP contribution >= 0.6 is 0 Å². The lowest BCUT2D eigenvalue weighted by atomic mass is 10.1. The second kappa shape index (κ2) is 11.3. The van der Waals surface area contributed by atoms with Gasteiger partial charge in [-0.25, -0.2) is 8.78 Å². The standard InChI is InChI=1S/C19H24F2N4O.CH2O2/c1-15-6-7-22-25(15)13-11-23-8-3-9-24(12-10-23)18(26)14-16-4-2-5-17(20)19(16)21;2-1-3/h2,4-7H,3,8-14H2,1H3;1H,(H,2,3). The van der Waals surface area contributed by atoms with Crippen LogP contribution in [-0.4, -0.2) is 69.8 Å². The zero-order valence-corrected chi connectivity index (χ0v) is 16.4. The van der Waals surface area contributed by atoms with E-state index >= 15 is 0 Å². The summed E-state index contributed by atoms with van der Waals surface area (Å²) in [6, 6.07) is 5.94. The van der Waals surface area contributed by atoms with Gasteiger partial charge in [0.25, 0.3) is 6.47 Å². The Hall–Kier alpha value is -2.81. The molecule has 29 heavy (non-hydrogen) atoms. The topological polar surface area (TPSA) is 78.7 Å². The maximum atomic E-state index is 13.8. The van der Waals surface area contributed by atoms with Crippen molar-refractivity contribution < 1.29 is 23.5 Å². The number of carbonyl (C=O) groups excluding carboxylic acids is 1. The zero-order valence-electron chi connectivity index (χ0n) is 16.4. The van der Waals surface area contributed by atoms with Gasteiger partial charge in [-0.05, 0) is 32.0 Å². The monoisotopic (exact) mass is 408 g/mol. The Morgan fingerprint density at radius 1 is 1.17 bits per heavy atom. The fourth-order valence-electron chi connectivity index (χ4n) is 3.27. The summed E-state index contributed by atoms with van der Waals surface area (Å²) in [4.78, 5) is 24.9. The van der Waals surface area contributed by atoms with Crippen molar-refractivity contribution in [2.24, 2.45) is 0 Å². The average Bonchev–Trinajstić information content (AvgIpc) is 2.96. The third-order valence-corrected chi connectivity index (χ3v) is 4.87. The molecule has 1 saturated heterocycles. The molecule has 0 spiro atoms. The summed E-state index contributed by atoms with van der Waals surface area (Å²) in [5.41, 5.74) is 1.25. The summed E-state index contributed by atoms with van der Waals surface area (Å²) in [7, 11) is 0. The molecule has 1 aromatic heterocycles. The summed E-state index contributed by atoms with van der Waals surface area (Å²) in [6.07, 6.45) is 2.56. The second-order valence-corrected chi connectivity index (χ2v) is 6.77. The van der Waals surface area contributed by atoms with E-state index in [-0.39, 0.29) is 24.4 Å². The maximum Gasteiger partial charge on any atom is 0.290 e. The number of aryl methyl sites for hydroxylation is 1. The Morgan fingerprint density at radius 3 is 2.62 bits per heavy atom. The molecular weight excluding hydrogens is 382 g/mol. The SMILES string of the molecule is Cc1ccnn1CCN1CCCN(C(=O)Cc2cccc(F)c2F)CC1.O=CO. The number of aromatic nitrogens is 2. The van der Waals surface area contributed by atoms with Crippen molar-refractivity contribution in [1.29, 1.82) is 0 Å². The van der Waals surface area contributed by atoms with Crippen LogP contribution in [0.4, 0.5) is 8.78 Å². The van der Waals surface area contributed by atoms with E-state index in [0.717, 1.165) is 44.4 Å². The number of carbonyl (C=O) groups is 2. The van der Waals surface area contributed by atoms with Gasteiger partial charge in [-0.2, -0.15) is 5.10 Å². The van der Waals surface area contributed by atoms with E-state index in [2.05, 4.69) is 10.00 Å². The van der Waals surface area contributed by atoms with Crippen molar-refractivity contribution in [3.05, 3.63) is 53.4 Å². The van der Waals surface area contributed by atoms with E-state index < -0.39 is 11.6 Å². The number of carboxylic acid groups (broad SMARTS) is 1. The van der Waals surface area contributed by atoms with E-state index in [9.17, 15) is 13.6 Å². The fraction of sp³-hybridized carbons (Fsp3) is 0.450. The molecule has 1 N–H and O–H groups in total. The minimum absolute atomic E-state index is 0.101. The molecule has 3 rings (SSSR count). The molecule has 0 bridgehead atoms. The third kappa shape index (κ3) is 6.63. The molecule has 0 radical (unpaired) electrons. The van der Waals surface area contributed by atoms with Crippen LogP contribution in [0.3, 0.4) is 0 Å². The van der Waals surface area contributed by atoms with Gasteiger partial charge in [0, 0.05) is 43.6 Å². The predicted octanol–water partition coefficient (Wildman–Crippen LogP) is 1.95. The van der Waals surface area contributed by atoms with Crippen LogP contribution in [0.15, 0.2) is 30.5 Å². The Balaban J connectivity index is 0.000000941. The summed E-state index contributed by atoms with van der Waals surface area (Å²) in [6.45, 7) is 6.42. The average molecular weight is 408 g/mol. The molecule has 158 valence electrons. The molecular formula is C20H26F2N4O3. The summed E-state index contributed by atoms with van der Waals surface area (Å²) >= 11 is 0. The van der Waals surface area contributed by atoms with E-state index in [1.54, 1.807) is 11.1 Å². The number of hydrogen-bond acceptors (Lipinski definition) is 4. The van der Waals surface area contributed by atoms with Gasteiger partial charge in [-0.1, -0.05) is 12.1 Å². The molecule has 7 nitrogen and oxygen atoms in total. The van der Waals surface area contributed by atoms with E-state index in [0.29, 0.717) is 13.1 Å². The predicted molar refractivity (Wildman–Crippen MR) is 103 cm³/mol. The van der Waals surface area contributed by atoms with Gasteiger partial charge in [0.2, 0.25) is 5.91 Å². The van der Waals surface area contributed by atoms with E-state index in [1.807, 2.05) is 17.7 Å². The summed E-state index contributed by atoms with van der Waals surface area (Å²) in [5, 5.41) is 11.2. The molecule has 2 aromatic rings. The van der Waals surface area contributed by atoms with Crippen molar-refractivity contribution in [2.75, 3.05) is 32.7 Å². The van der Waals surface area contributed by atoms with Gasteiger partial charge in [-0.15, -0.1) is 0 Å². The molecule has 2 heterocycles. The molecule has 1 amide bonds. The minimum atomic E-state index is -0.924. The Morgan fingerprint density at radius 2 is 1.93 bits per heavy atom. The first-order valence-corrected chi connectivity index (χ1v) is 9.45. The lowest BCUT2D eigenvalue weighted by molar-refractivity contribution is -0.130. The van der Waals surface area contributed by atoms with Crippen molar-refractivity contribution in [1.82, 2.24) is 19.6 Å². The van der Waals surface area contributed by atoms with Crippen LogP contribution in [0.5, 0.6) is 0 Å². The highest BCUT2D eigenvalue weighted by Gasteiger charge is 2.21. The first kappa shape index (κ1) is 22.5. The smallest absolute Gasteiger partial charge is 0.290 e. The lowest BCUT2D eigenvalue weighted by Crippen LogP contribution is -2.37. The number of benzene rings is 1. The fourth-order valence-corrected chi connectivity index (χ4v) is 3.27. The van der Waals surface area contributed by atoms with Gasteiger partial charge in [-0.3, -0.25) is 19.2 Å². The van der Waals surface area contributed by atoms with Crippen molar-refractivity contribution in [3.63, 3.8) is 0 Å². The first-order valence-electron chi connectivity index (χ1n) is 9.45. The number of nitrogens with zero attached hydrogens (tertiary/aromatic N) is 4. The highest BCUT2D eigenvalue weighted by molar-refractivity contribution is 5.78. The molecule has 0 saturated carbocycles. The van der Waals surface area contributed by atoms with Crippen LogP contribution in [0, 0.1) is 18.6 Å². The Labute approximate surface area is 168 Å². The Kier molecular flexibility index (Phi) is 8.72. The van der Waals surface area contributed by atoms with Crippen LogP contribution in [0.2, 0.25) is 0 Å². The van der Waals surface area contributed by atoms with Crippen LogP contribution in [0.25, 0.3) is 0 Å². The molecule has 0 unspecified atom stereocenters. The summed E-state index contributed by atoms with van der Waals surface area (Å²) < 4.78 is 29.1. The second-order valence-electron chi connectivity index (χ2n) is 6.77. The molecule has 1 fully saturated rings. The molecule has 0 atom stereocenters. The minimum Gasteiger partial charge on any atom is -0.483 e. The van der Waals surface area contributed by atoms with Gasteiger partial charge >= 0.3 is 0 Å². The van der Waals surface area contributed by atoms with Crippen molar-refractivity contribution in [3.8, 4) is 0 Å². The highest BCUT2D eigenvalue weighted by Crippen LogP contribution is 2.14. The van der Waals surface area contributed by atoms with Crippen LogP contribution < -0.4 is 0 Å². The van der Waals surface area contributed by atoms with Gasteiger partial charge in [0.05, 0.1) is 13.0 Å². The van der Waals surface area contributed by atoms with E-state index in [1.165, 1.54) is 12.1 Å². The highest BCUT2D eigenvalue weighted by atomic mass is 19.2. The normalized spacial score (nSPS) is 14.7. The first-order chi connectivity index (χ1) is 14.0. The van der Waals surface area contributed by atoms with Crippen molar-refractivity contribution >= 4 is 12.4 Å². The molecule has 9 heteroatoms.